The van der Waals surface area contributed by atoms with E-state index < -0.39 is 5.60 Å². The number of benzene rings is 2. The van der Waals surface area contributed by atoms with Gasteiger partial charge in [0.25, 0.3) is 0 Å². The molecule has 0 bridgehead atoms. The third kappa shape index (κ3) is 6.63. The molecule has 1 aliphatic heterocycles. The number of hydrogen-bond acceptors (Lipinski definition) is 6. The summed E-state index contributed by atoms with van der Waals surface area (Å²) < 4.78 is 7.42. The van der Waals surface area contributed by atoms with Crippen LogP contribution in [-0.2, 0) is 9.53 Å². The van der Waals surface area contributed by atoms with Crippen LogP contribution in [0, 0.1) is 0 Å². The molecule has 35 heavy (non-hydrogen) atoms. The summed E-state index contributed by atoms with van der Waals surface area (Å²) in [4.78, 5) is 26.7. The van der Waals surface area contributed by atoms with Crippen molar-refractivity contribution in [1.82, 2.24) is 25.0 Å². The molecule has 1 fully saturated rings. The van der Waals surface area contributed by atoms with Crippen LogP contribution in [0.25, 0.3) is 17.1 Å². The molecule has 4 rings (SSSR count). The van der Waals surface area contributed by atoms with Crippen molar-refractivity contribution in [3.8, 4) is 17.1 Å². The highest BCUT2D eigenvalue weighted by Crippen LogP contribution is 2.28. The Labute approximate surface area is 210 Å². The molecule has 0 unspecified atom stereocenters. The third-order valence-electron chi connectivity index (χ3n) is 5.52. The van der Waals surface area contributed by atoms with Crippen LogP contribution in [-0.4, -0.2) is 62.2 Å². The lowest BCUT2D eigenvalue weighted by Crippen LogP contribution is -2.48. The number of likely N-dealkylation sites (tertiary alicyclic amines) is 1. The number of nitrogens with one attached hydrogen (secondary N) is 1. The number of aromatic nitrogens is 3. The molecule has 1 aliphatic rings. The number of piperidine rings is 1. The van der Waals surface area contributed by atoms with Gasteiger partial charge >= 0.3 is 6.09 Å². The number of nitrogens with zero attached hydrogens (tertiary/aromatic N) is 4. The Morgan fingerprint density at radius 2 is 1.63 bits per heavy atom. The van der Waals surface area contributed by atoms with Gasteiger partial charge in [-0.25, -0.2) is 4.79 Å². The van der Waals surface area contributed by atoms with Crippen molar-refractivity contribution in [2.24, 2.45) is 0 Å². The second kappa shape index (κ2) is 10.9. The lowest BCUT2D eigenvalue weighted by atomic mass is 10.1. The van der Waals surface area contributed by atoms with Crippen molar-refractivity contribution in [2.45, 2.75) is 50.4 Å². The summed E-state index contributed by atoms with van der Waals surface area (Å²) in [5.74, 6) is 0.898. The molecule has 2 aromatic carbocycles. The van der Waals surface area contributed by atoms with E-state index in [9.17, 15) is 9.59 Å². The van der Waals surface area contributed by atoms with E-state index in [1.807, 2.05) is 86.0 Å². The molecule has 1 saturated heterocycles. The number of rotatable bonds is 6. The number of amides is 2. The molecule has 2 heterocycles. The molecule has 0 atom stereocenters. The van der Waals surface area contributed by atoms with Crippen molar-refractivity contribution >= 4 is 23.8 Å². The van der Waals surface area contributed by atoms with E-state index in [1.54, 1.807) is 4.90 Å². The number of thioether (sulfide) groups is 1. The van der Waals surface area contributed by atoms with Crippen LogP contribution in [0.5, 0.6) is 0 Å². The highest BCUT2D eigenvalue weighted by molar-refractivity contribution is 7.99. The second-order valence-corrected chi connectivity index (χ2v) is 10.4. The van der Waals surface area contributed by atoms with Crippen molar-refractivity contribution < 1.29 is 14.3 Å². The monoisotopic (exact) mass is 493 g/mol. The van der Waals surface area contributed by atoms with Crippen LogP contribution in [0.3, 0.4) is 0 Å². The zero-order chi connectivity index (χ0) is 24.8. The normalized spacial score (nSPS) is 14.5. The lowest BCUT2D eigenvalue weighted by Gasteiger charge is -2.33. The summed E-state index contributed by atoms with van der Waals surface area (Å²) in [5.41, 5.74) is 1.38. The van der Waals surface area contributed by atoms with Crippen molar-refractivity contribution in [3.63, 3.8) is 0 Å². The maximum absolute atomic E-state index is 12.7. The van der Waals surface area contributed by atoms with Gasteiger partial charge < -0.3 is 15.0 Å². The highest BCUT2D eigenvalue weighted by atomic mass is 32.2. The minimum Gasteiger partial charge on any atom is -0.444 e. The van der Waals surface area contributed by atoms with Gasteiger partial charge in [0.05, 0.1) is 5.75 Å². The average molecular weight is 494 g/mol. The SMILES string of the molecule is CC(C)(C)OC(=O)N1CCC(NC(=O)CSc2nnc(-c3ccccc3)n2-c2ccccc2)CC1. The Balaban J connectivity index is 1.36. The van der Waals surface area contributed by atoms with Gasteiger partial charge in [0.1, 0.15) is 5.60 Å². The van der Waals surface area contributed by atoms with E-state index in [-0.39, 0.29) is 23.8 Å². The number of ether oxygens (including phenoxy) is 1. The zero-order valence-corrected chi connectivity index (χ0v) is 21.1. The largest absolute Gasteiger partial charge is 0.444 e. The molecule has 0 saturated carbocycles. The Kier molecular flexibility index (Phi) is 7.75. The van der Waals surface area contributed by atoms with Gasteiger partial charge in [-0.3, -0.25) is 9.36 Å². The zero-order valence-electron chi connectivity index (χ0n) is 20.3. The van der Waals surface area contributed by atoms with Crippen LogP contribution in [0.15, 0.2) is 65.8 Å². The van der Waals surface area contributed by atoms with Gasteiger partial charge in [-0.05, 0) is 45.7 Å². The Bertz CT molecular complexity index is 1140. The van der Waals surface area contributed by atoms with E-state index in [2.05, 4.69) is 15.5 Å². The maximum atomic E-state index is 12.7. The minimum absolute atomic E-state index is 0.0358. The fourth-order valence-corrected chi connectivity index (χ4v) is 4.64. The maximum Gasteiger partial charge on any atom is 0.410 e. The number of carbonyl (C=O) groups excluding carboxylic acids is 2. The summed E-state index contributed by atoms with van der Waals surface area (Å²) in [7, 11) is 0. The summed E-state index contributed by atoms with van der Waals surface area (Å²) in [5, 5.41) is 12.6. The first-order valence-electron chi connectivity index (χ1n) is 11.8. The van der Waals surface area contributed by atoms with E-state index in [4.69, 9.17) is 4.74 Å². The van der Waals surface area contributed by atoms with Gasteiger partial charge in [-0.15, -0.1) is 10.2 Å². The molecule has 3 aromatic rings. The summed E-state index contributed by atoms with van der Waals surface area (Å²) in [6, 6.07) is 19.8. The smallest absolute Gasteiger partial charge is 0.410 e. The quantitative estimate of drug-likeness (QED) is 0.507. The number of hydrogen-bond donors (Lipinski definition) is 1. The molecule has 2 amide bonds. The molecule has 0 spiro atoms. The van der Waals surface area contributed by atoms with E-state index in [1.165, 1.54) is 11.8 Å². The van der Waals surface area contributed by atoms with E-state index >= 15 is 0 Å². The first kappa shape index (κ1) is 24.8. The Morgan fingerprint density at radius 3 is 2.26 bits per heavy atom. The first-order valence-corrected chi connectivity index (χ1v) is 12.7. The second-order valence-electron chi connectivity index (χ2n) is 9.44. The summed E-state index contributed by atoms with van der Waals surface area (Å²) in [6.45, 7) is 6.70. The molecule has 184 valence electrons. The Hall–Kier alpha value is -3.33. The van der Waals surface area contributed by atoms with Crippen LogP contribution in [0.1, 0.15) is 33.6 Å². The van der Waals surface area contributed by atoms with Crippen molar-refractivity contribution in [2.75, 3.05) is 18.8 Å². The molecule has 1 N–H and O–H groups in total. The number of carbonyl (C=O) groups is 2. The first-order chi connectivity index (χ1) is 16.8. The van der Waals surface area contributed by atoms with Gasteiger partial charge in [0.2, 0.25) is 5.91 Å². The van der Waals surface area contributed by atoms with E-state index in [0.717, 1.165) is 17.1 Å². The molecule has 1 aromatic heterocycles. The van der Waals surface area contributed by atoms with Gasteiger partial charge in [0.15, 0.2) is 11.0 Å². The predicted molar refractivity (Wildman–Crippen MR) is 136 cm³/mol. The molecular weight excluding hydrogens is 462 g/mol. The predicted octanol–water partition coefficient (Wildman–Crippen LogP) is 4.54. The standard InChI is InChI=1S/C26H31N5O3S/c1-26(2,3)34-25(33)30-16-14-20(15-17-30)27-22(32)18-35-24-29-28-23(19-10-6-4-7-11-19)31(24)21-12-8-5-9-13-21/h4-13,20H,14-18H2,1-3H3,(H,27,32). The molecular formula is C26H31N5O3S. The molecule has 0 aliphatic carbocycles. The van der Waals surface area contributed by atoms with Gasteiger partial charge in [-0.1, -0.05) is 60.3 Å². The fraction of sp³-hybridized carbons (Fsp3) is 0.385. The molecule has 0 radical (unpaired) electrons. The van der Waals surface area contributed by atoms with Gasteiger partial charge in [-0.2, -0.15) is 0 Å². The number of para-hydroxylation sites is 1. The fourth-order valence-electron chi connectivity index (χ4n) is 3.88. The minimum atomic E-state index is -0.514. The molecule has 8 nitrogen and oxygen atoms in total. The highest BCUT2D eigenvalue weighted by Gasteiger charge is 2.27. The average Bonchev–Trinajstić information content (AvgIpc) is 3.27. The van der Waals surface area contributed by atoms with Crippen LogP contribution < -0.4 is 5.32 Å². The summed E-state index contributed by atoms with van der Waals surface area (Å²) >= 11 is 1.36. The lowest BCUT2D eigenvalue weighted by molar-refractivity contribution is -0.119. The van der Waals surface area contributed by atoms with Gasteiger partial charge in [0, 0.05) is 30.4 Å². The van der Waals surface area contributed by atoms with Crippen molar-refractivity contribution in [3.05, 3.63) is 60.7 Å². The topological polar surface area (TPSA) is 89.3 Å². The van der Waals surface area contributed by atoms with Crippen LogP contribution in [0.4, 0.5) is 4.79 Å². The molecule has 9 heteroatoms. The van der Waals surface area contributed by atoms with Crippen LogP contribution >= 0.6 is 11.8 Å². The third-order valence-corrected chi connectivity index (χ3v) is 6.45. The van der Waals surface area contributed by atoms with Crippen LogP contribution in [0.2, 0.25) is 0 Å². The Morgan fingerprint density at radius 1 is 1.00 bits per heavy atom. The van der Waals surface area contributed by atoms with E-state index in [0.29, 0.717) is 31.1 Å². The summed E-state index contributed by atoms with van der Waals surface area (Å²) in [6.07, 6.45) is 1.11. The van der Waals surface area contributed by atoms with Crippen molar-refractivity contribution in [1.29, 1.82) is 0 Å².